The zero-order valence-corrected chi connectivity index (χ0v) is 9.13. The minimum absolute atomic E-state index is 0.0775. The van der Waals surface area contributed by atoms with Crippen molar-refractivity contribution in [1.82, 2.24) is 0 Å². The second kappa shape index (κ2) is 4.43. The van der Waals surface area contributed by atoms with Crippen molar-refractivity contribution < 1.29 is 26.7 Å². The van der Waals surface area contributed by atoms with Gasteiger partial charge in [-0.05, 0) is 12.1 Å². The van der Waals surface area contributed by atoms with Crippen LogP contribution in [0.3, 0.4) is 0 Å². The summed E-state index contributed by atoms with van der Waals surface area (Å²) in [5.41, 5.74) is 5.10. The number of alkyl halides is 5. The van der Waals surface area contributed by atoms with Gasteiger partial charge in [0.25, 0.3) is 0 Å². The van der Waals surface area contributed by atoms with E-state index < -0.39 is 18.0 Å². The second-order valence-electron chi connectivity index (χ2n) is 3.50. The molecular weight excluding hydrogens is 259 g/mol. The number of nitrogens with zero attached hydrogens (tertiary/aromatic N) is 1. The van der Waals surface area contributed by atoms with Crippen molar-refractivity contribution in [1.29, 1.82) is 0 Å². The molecule has 0 aliphatic carbocycles. The lowest BCUT2D eigenvalue weighted by Gasteiger charge is -2.25. The Kier molecular flexibility index (Phi) is 3.50. The molecule has 2 N–H and O–H groups in total. The van der Waals surface area contributed by atoms with E-state index in [1.165, 1.54) is 24.3 Å². The maximum atomic E-state index is 12.8. The molecule has 0 fully saturated rings. The number of carbonyl (C=O) groups is 1. The Morgan fingerprint density at radius 1 is 1.17 bits per heavy atom. The zero-order valence-electron chi connectivity index (χ0n) is 9.13. The maximum absolute atomic E-state index is 12.8. The Balaban J connectivity index is 3.10. The van der Waals surface area contributed by atoms with Crippen LogP contribution in [0.15, 0.2) is 24.3 Å². The van der Waals surface area contributed by atoms with Crippen LogP contribution in [0.25, 0.3) is 0 Å². The van der Waals surface area contributed by atoms with Crippen LogP contribution in [-0.4, -0.2) is 25.1 Å². The number of nitrogen functional groups attached to an aromatic ring is 1. The first kappa shape index (κ1) is 14.2. The van der Waals surface area contributed by atoms with E-state index in [9.17, 15) is 26.7 Å². The third kappa shape index (κ3) is 2.36. The standard InChI is InChI=1S/C10H9F5N2O/c1-17(7-5-3-2-4-6(7)16)8(18)9(11,12)10(13,14)15/h2-5H,16H2,1H3. The quantitative estimate of drug-likeness (QED) is 0.661. The topological polar surface area (TPSA) is 46.3 Å². The number of rotatable bonds is 2. The molecule has 18 heavy (non-hydrogen) atoms. The van der Waals surface area contributed by atoms with Gasteiger partial charge in [-0.15, -0.1) is 0 Å². The first-order chi connectivity index (χ1) is 8.09. The Labute approximate surface area is 99.0 Å². The summed E-state index contributed by atoms with van der Waals surface area (Å²) >= 11 is 0. The van der Waals surface area contributed by atoms with E-state index in [-0.39, 0.29) is 16.3 Å². The van der Waals surface area contributed by atoms with Crippen LogP contribution >= 0.6 is 0 Å². The predicted octanol–water partition coefficient (Wildman–Crippen LogP) is 2.43. The fraction of sp³-hybridized carbons (Fsp3) is 0.300. The van der Waals surface area contributed by atoms with E-state index >= 15 is 0 Å². The predicted molar refractivity (Wildman–Crippen MR) is 55.3 cm³/mol. The van der Waals surface area contributed by atoms with Gasteiger partial charge < -0.3 is 10.6 Å². The molecule has 0 radical (unpaired) electrons. The van der Waals surface area contributed by atoms with E-state index in [2.05, 4.69) is 0 Å². The van der Waals surface area contributed by atoms with Crippen LogP contribution in [0.5, 0.6) is 0 Å². The molecule has 1 amide bonds. The molecule has 0 bridgehead atoms. The number of hydrogen-bond donors (Lipinski definition) is 1. The molecule has 1 aromatic rings. The molecule has 0 atom stereocenters. The molecule has 8 heteroatoms. The van der Waals surface area contributed by atoms with E-state index in [1.807, 2.05) is 0 Å². The van der Waals surface area contributed by atoms with Crippen molar-refractivity contribution >= 4 is 17.3 Å². The van der Waals surface area contributed by atoms with Crippen LogP contribution < -0.4 is 10.6 Å². The summed E-state index contributed by atoms with van der Waals surface area (Å²) in [4.78, 5) is 11.3. The second-order valence-corrected chi connectivity index (χ2v) is 3.50. The van der Waals surface area contributed by atoms with Gasteiger partial charge in [0.05, 0.1) is 11.4 Å². The third-order valence-electron chi connectivity index (χ3n) is 2.23. The van der Waals surface area contributed by atoms with Gasteiger partial charge in [0.15, 0.2) is 0 Å². The Bertz CT molecular complexity index is 458. The van der Waals surface area contributed by atoms with Gasteiger partial charge >= 0.3 is 18.0 Å². The molecule has 0 saturated carbocycles. The van der Waals surface area contributed by atoms with E-state index in [0.717, 1.165) is 7.05 Å². The number of nitrogens with two attached hydrogens (primary N) is 1. The zero-order chi connectivity index (χ0) is 14.1. The smallest absolute Gasteiger partial charge is 0.397 e. The highest BCUT2D eigenvalue weighted by Crippen LogP contribution is 2.38. The van der Waals surface area contributed by atoms with Gasteiger partial charge in [0.1, 0.15) is 0 Å². The fourth-order valence-corrected chi connectivity index (χ4v) is 1.23. The summed E-state index contributed by atoms with van der Waals surface area (Å²) in [6.45, 7) is 0. The molecule has 1 aromatic carbocycles. The van der Waals surface area contributed by atoms with Crippen molar-refractivity contribution in [3.8, 4) is 0 Å². The van der Waals surface area contributed by atoms with Gasteiger partial charge in [-0.25, -0.2) is 0 Å². The number of hydrogen-bond acceptors (Lipinski definition) is 2. The van der Waals surface area contributed by atoms with Gasteiger partial charge in [-0.1, -0.05) is 12.1 Å². The Morgan fingerprint density at radius 2 is 1.67 bits per heavy atom. The van der Waals surface area contributed by atoms with Gasteiger partial charge in [0.2, 0.25) is 0 Å². The highest BCUT2D eigenvalue weighted by molar-refractivity contribution is 6.00. The lowest BCUT2D eigenvalue weighted by Crippen LogP contribution is -2.51. The number of amides is 1. The average Bonchev–Trinajstić information content (AvgIpc) is 2.26. The third-order valence-corrected chi connectivity index (χ3v) is 2.23. The summed E-state index contributed by atoms with van der Waals surface area (Å²) < 4.78 is 61.8. The minimum Gasteiger partial charge on any atom is -0.397 e. The van der Waals surface area contributed by atoms with Crippen LogP contribution in [0.4, 0.5) is 33.3 Å². The number of halogens is 5. The SMILES string of the molecule is CN(C(=O)C(F)(F)C(F)(F)F)c1ccccc1N. The van der Waals surface area contributed by atoms with Crippen molar-refractivity contribution in [3.05, 3.63) is 24.3 Å². The molecule has 0 aliphatic heterocycles. The van der Waals surface area contributed by atoms with Gasteiger partial charge in [-0.3, -0.25) is 4.79 Å². The lowest BCUT2D eigenvalue weighted by molar-refractivity contribution is -0.268. The van der Waals surface area contributed by atoms with Crippen molar-refractivity contribution in [3.63, 3.8) is 0 Å². The molecule has 0 heterocycles. The van der Waals surface area contributed by atoms with Crippen LogP contribution in [0, 0.1) is 0 Å². The Hall–Kier alpha value is -1.86. The molecule has 0 spiro atoms. The van der Waals surface area contributed by atoms with E-state index in [0.29, 0.717) is 0 Å². The largest absolute Gasteiger partial charge is 0.463 e. The number of carbonyl (C=O) groups excluding carboxylic acids is 1. The molecule has 0 aliphatic rings. The van der Waals surface area contributed by atoms with Crippen molar-refractivity contribution in [2.24, 2.45) is 0 Å². The number of anilines is 2. The first-order valence-corrected chi connectivity index (χ1v) is 4.66. The minimum atomic E-state index is -5.94. The molecular formula is C10H9F5N2O. The molecule has 0 unspecified atom stereocenters. The Morgan fingerprint density at radius 3 is 2.11 bits per heavy atom. The average molecular weight is 268 g/mol. The summed E-state index contributed by atoms with van der Waals surface area (Å²) in [5.74, 6) is -7.84. The maximum Gasteiger partial charge on any atom is 0.463 e. The summed E-state index contributed by atoms with van der Waals surface area (Å²) in [5, 5.41) is 0. The summed E-state index contributed by atoms with van der Waals surface area (Å²) in [6.07, 6.45) is -5.94. The molecule has 1 rings (SSSR count). The monoisotopic (exact) mass is 268 g/mol. The molecule has 100 valence electrons. The van der Waals surface area contributed by atoms with Crippen LogP contribution in [0.2, 0.25) is 0 Å². The first-order valence-electron chi connectivity index (χ1n) is 4.66. The van der Waals surface area contributed by atoms with Gasteiger partial charge in [0, 0.05) is 7.05 Å². The highest BCUT2D eigenvalue weighted by Gasteiger charge is 2.64. The number of para-hydroxylation sites is 2. The van der Waals surface area contributed by atoms with E-state index in [1.54, 1.807) is 0 Å². The normalized spacial score (nSPS) is 12.3. The van der Waals surface area contributed by atoms with E-state index in [4.69, 9.17) is 5.73 Å². The highest BCUT2D eigenvalue weighted by atomic mass is 19.4. The molecule has 3 nitrogen and oxygen atoms in total. The van der Waals surface area contributed by atoms with Crippen molar-refractivity contribution in [2.75, 3.05) is 17.7 Å². The number of benzene rings is 1. The molecule has 0 saturated heterocycles. The molecule has 0 aromatic heterocycles. The summed E-state index contributed by atoms with van der Waals surface area (Å²) in [6, 6.07) is 5.27. The van der Waals surface area contributed by atoms with Crippen molar-refractivity contribution in [2.45, 2.75) is 12.1 Å². The summed E-state index contributed by atoms with van der Waals surface area (Å²) in [7, 11) is 0.799. The van der Waals surface area contributed by atoms with Crippen LogP contribution in [0.1, 0.15) is 0 Å². The lowest BCUT2D eigenvalue weighted by atomic mass is 10.2. The van der Waals surface area contributed by atoms with Crippen LogP contribution in [-0.2, 0) is 4.79 Å². The van der Waals surface area contributed by atoms with Gasteiger partial charge in [-0.2, -0.15) is 22.0 Å². The fourth-order valence-electron chi connectivity index (χ4n) is 1.23.